The van der Waals surface area contributed by atoms with Crippen LogP contribution >= 0.6 is 0 Å². The zero-order valence-electron chi connectivity index (χ0n) is 10.3. The minimum absolute atomic E-state index is 0.122. The molecule has 1 unspecified atom stereocenters. The van der Waals surface area contributed by atoms with E-state index in [4.69, 9.17) is 4.74 Å². The van der Waals surface area contributed by atoms with Crippen molar-refractivity contribution in [2.24, 2.45) is 5.92 Å². The van der Waals surface area contributed by atoms with Gasteiger partial charge in [-0.1, -0.05) is 13.0 Å². The maximum Gasteiger partial charge on any atom is 0.308 e. The zero-order chi connectivity index (χ0) is 12.4. The fourth-order valence-corrected chi connectivity index (χ4v) is 2.07. The highest BCUT2D eigenvalue weighted by molar-refractivity contribution is 5.82. The van der Waals surface area contributed by atoms with Crippen LogP contribution in [0, 0.1) is 12.8 Å². The van der Waals surface area contributed by atoms with Crippen molar-refractivity contribution in [3.8, 4) is 0 Å². The second kappa shape index (κ2) is 4.57. The van der Waals surface area contributed by atoms with E-state index in [0.717, 1.165) is 22.0 Å². The number of hydrogen-bond donors (Lipinski definition) is 1. The molecule has 0 aliphatic rings. The maximum absolute atomic E-state index is 11.4. The van der Waals surface area contributed by atoms with Crippen molar-refractivity contribution in [1.29, 1.82) is 0 Å². The lowest BCUT2D eigenvalue weighted by Crippen LogP contribution is -2.15. The topological polar surface area (TPSA) is 55.0 Å². The minimum atomic E-state index is -0.171. The number of hydrogen-bond acceptors (Lipinski definition) is 3. The smallest absolute Gasteiger partial charge is 0.308 e. The molecule has 0 saturated carbocycles. The van der Waals surface area contributed by atoms with Crippen LogP contribution in [-0.4, -0.2) is 23.3 Å². The third-order valence-electron chi connectivity index (χ3n) is 2.95. The number of fused-ring (bicyclic) bond motifs is 1. The second-order valence-corrected chi connectivity index (χ2v) is 4.38. The average molecular weight is 232 g/mol. The highest BCUT2D eigenvalue weighted by Gasteiger charge is 2.14. The van der Waals surface area contributed by atoms with Crippen molar-refractivity contribution >= 4 is 16.9 Å². The Labute approximate surface area is 100.0 Å². The Morgan fingerprint density at radius 1 is 1.53 bits per heavy atom. The van der Waals surface area contributed by atoms with Gasteiger partial charge in [0.05, 0.1) is 24.7 Å². The standard InChI is InChI=1S/C13H16N2O2/c1-8-4-10(5-9(2)13(16)17-3)6-11-7-14-15-12(8)11/h4,6-7,9H,5H2,1-3H3,(H,14,15). The molecule has 4 nitrogen and oxygen atoms in total. The van der Waals surface area contributed by atoms with Crippen LogP contribution in [0.5, 0.6) is 0 Å². The summed E-state index contributed by atoms with van der Waals surface area (Å²) in [5.74, 6) is -0.293. The Morgan fingerprint density at radius 3 is 3.00 bits per heavy atom. The summed E-state index contributed by atoms with van der Waals surface area (Å²) in [6, 6.07) is 4.14. The van der Waals surface area contributed by atoms with E-state index >= 15 is 0 Å². The van der Waals surface area contributed by atoms with E-state index < -0.39 is 0 Å². The van der Waals surface area contributed by atoms with Crippen LogP contribution in [0.1, 0.15) is 18.1 Å². The van der Waals surface area contributed by atoms with E-state index in [1.807, 2.05) is 13.8 Å². The molecule has 0 bridgehead atoms. The summed E-state index contributed by atoms with van der Waals surface area (Å²) in [6.45, 7) is 3.91. The van der Waals surface area contributed by atoms with Crippen LogP contribution in [0.4, 0.5) is 0 Å². The molecule has 2 aromatic rings. The largest absolute Gasteiger partial charge is 0.469 e. The lowest BCUT2D eigenvalue weighted by Gasteiger charge is -2.10. The Kier molecular flexibility index (Phi) is 3.13. The van der Waals surface area contributed by atoms with Crippen LogP contribution in [0.3, 0.4) is 0 Å². The van der Waals surface area contributed by atoms with Gasteiger partial charge in [0.25, 0.3) is 0 Å². The molecule has 0 saturated heterocycles. The van der Waals surface area contributed by atoms with E-state index in [2.05, 4.69) is 22.3 Å². The lowest BCUT2D eigenvalue weighted by molar-refractivity contribution is -0.144. The molecule has 4 heteroatoms. The van der Waals surface area contributed by atoms with Gasteiger partial charge in [-0.3, -0.25) is 9.89 Å². The molecular formula is C13H16N2O2. The van der Waals surface area contributed by atoms with Crippen LogP contribution in [0.25, 0.3) is 10.9 Å². The van der Waals surface area contributed by atoms with E-state index in [1.165, 1.54) is 7.11 Å². The predicted octanol–water partition coefficient (Wildman–Crippen LogP) is 2.22. The van der Waals surface area contributed by atoms with Crippen molar-refractivity contribution in [2.75, 3.05) is 7.11 Å². The van der Waals surface area contributed by atoms with Crippen molar-refractivity contribution in [2.45, 2.75) is 20.3 Å². The summed E-state index contributed by atoms with van der Waals surface area (Å²) in [5, 5.41) is 8.06. The number of aryl methyl sites for hydroxylation is 1. The maximum atomic E-state index is 11.4. The number of rotatable bonds is 3. The van der Waals surface area contributed by atoms with Crippen LogP contribution in [0.2, 0.25) is 0 Å². The summed E-state index contributed by atoms with van der Waals surface area (Å²) in [7, 11) is 1.42. The first kappa shape index (κ1) is 11.6. The fraction of sp³-hybridized carbons (Fsp3) is 0.385. The number of H-pyrrole nitrogens is 1. The Balaban J connectivity index is 2.27. The molecule has 1 aromatic heterocycles. The molecule has 90 valence electrons. The molecule has 0 spiro atoms. The highest BCUT2D eigenvalue weighted by atomic mass is 16.5. The summed E-state index contributed by atoms with van der Waals surface area (Å²) in [5.41, 5.74) is 3.33. The highest BCUT2D eigenvalue weighted by Crippen LogP contribution is 2.20. The van der Waals surface area contributed by atoms with Crippen molar-refractivity contribution in [1.82, 2.24) is 10.2 Å². The molecule has 1 aromatic carbocycles. The molecule has 2 rings (SSSR count). The second-order valence-electron chi connectivity index (χ2n) is 4.38. The van der Waals surface area contributed by atoms with Gasteiger partial charge in [0.15, 0.2) is 0 Å². The van der Waals surface area contributed by atoms with Gasteiger partial charge in [-0.15, -0.1) is 0 Å². The number of nitrogens with zero attached hydrogens (tertiary/aromatic N) is 1. The van der Waals surface area contributed by atoms with Gasteiger partial charge >= 0.3 is 5.97 Å². The number of aromatic amines is 1. The Morgan fingerprint density at radius 2 is 2.29 bits per heavy atom. The minimum Gasteiger partial charge on any atom is -0.469 e. The normalized spacial score (nSPS) is 12.6. The third-order valence-corrected chi connectivity index (χ3v) is 2.95. The number of ether oxygens (including phenoxy) is 1. The summed E-state index contributed by atoms with van der Waals surface area (Å²) >= 11 is 0. The van der Waals surface area contributed by atoms with E-state index in [1.54, 1.807) is 6.20 Å². The van der Waals surface area contributed by atoms with Crippen LogP contribution in [-0.2, 0) is 16.0 Å². The molecule has 0 amide bonds. The van der Waals surface area contributed by atoms with Gasteiger partial charge in [-0.25, -0.2) is 0 Å². The molecule has 0 radical (unpaired) electrons. The Hall–Kier alpha value is -1.84. The van der Waals surface area contributed by atoms with Crippen molar-refractivity contribution in [3.05, 3.63) is 29.5 Å². The van der Waals surface area contributed by atoms with Gasteiger partial charge in [-0.2, -0.15) is 5.10 Å². The Bertz CT molecular complexity index is 545. The number of carbonyl (C=O) groups excluding carboxylic acids is 1. The molecule has 1 heterocycles. The SMILES string of the molecule is COC(=O)C(C)Cc1cc(C)c2[nH]ncc2c1. The fourth-order valence-electron chi connectivity index (χ4n) is 2.07. The number of carbonyl (C=O) groups is 1. The number of methoxy groups -OCH3 is 1. The molecular weight excluding hydrogens is 216 g/mol. The predicted molar refractivity (Wildman–Crippen MR) is 65.7 cm³/mol. The monoisotopic (exact) mass is 232 g/mol. The molecule has 1 atom stereocenters. The summed E-state index contributed by atoms with van der Waals surface area (Å²) in [6.07, 6.45) is 2.49. The van der Waals surface area contributed by atoms with E-state index in [-0.39, 0.29) is 11.9 Å². The first-order chi connectivity index (χ1) is 8.11. The number of nitrogens with one attached hydrogen (secondary N) is 1. The quantitative estimate of drug-likeness (QED) is 0.825. The number of benzene rings is 1. The van der Waals surface area contributed by atoms with E-state index in [9.17, 15) is 4.79 Å². The molecule has 0 fully saturated rings. The average Bonchev–Trinajstić information content (AvgIpc) is 2.76. The summed E-state index contributed by atoms with van der Waals surface area (Å²) in [4.78, 5) is 11.4. The van der Waals surface area contributed by atoms with Gasteiger partial charge in [-0.05, 0) is 30.5 Å². The first-order valence-electron chi connectivity index (χ1n) is 5.62. The van der Waals surface area contributed by atoms with Crippen molar-refractivity contribution in [3.63, 3.8) is 0 Å². The first-order valence-corrected chi connectivity index (χ1v) is 5.62. The van der Waals surface area contributed by atoms with Crippen LogP contribution < -0.4 is 0 Å². The van der Waals surface area contributed by atoms with Gasteiger partial charge in [0.1, 0.15) is 0 Å². The van der Waals surface area contributed by atoms with Gasteiger partial charge < -0.3 is 4.74 Å². The molecule has 0 aliphatic heterocycles. The number of aromatic nitrogens is 2. The third kappa shape index (κ3) is 2.30. The van der Waals surface area contributed by atoms with Gasteiger partial charge in [0.2, 0.25) is 0 Å². The zero-order valence-corrected chi connectivity index (χ0v) is 10.3. The van der Waals surface area contributed by atoms with E-state index in [0.29, 0.717) is 6.42 Å². The van der Waals surface area contributed by atoms with Crippen LogP contribution in [0.15, 0.2) is 18.3 Å². The van der Waals surface area contributed by atoms with Crippen molar-refractivity contribution < 1.29 is 9.53 Å². The molecule has 1 N–H and O–H groups in total. The number of esters is 1. The molecule has 0 aliphatic carbocycles. The lowest BCUT2D eigenvalue weighted by atomic mass is 9.98. The molecule has 17 heavy (non-hydrogen) atoms. The summed E-state index contributed by atoms with van der Waals surface area (Å²) < 4.78 is 4.73. The van der Waals surface area contributed by atoms with Gasteiger partial charge in [0, 0.05) is 5.39 Å².